The zero-order valence-electron chi connectivity index (χ0n) is 16.4. The topological polar surface area (TPSA) is 81.7 Å². The van der Waals surface area contributed by atoms with E-state index >= 15 is 0 Å². The Hall–Kier alpha value is -2.37. The fraction of sp³-hybridized carbons (Fsp3) is 0.591. The van der Waals surface area contributed by atoms with Crippen LogP contribution in [0.1, 0.15) is 48.0 Å². The number of esters is 2. The summed E-state index contributed by atoms with van der Waals surface area (Å²) >= 11 is 0. The lowest BCUT2D eigenvalue weighted by Crippen LogP contribution is -2.48. The van der Waals surface area contributed by atoms with E-state index in [9.17, 15) is 14.4 Å². The number of amides is 1. The van der Waals surface area contributed by atoms with Crippen molar-refractivity contribution in [2.24, 2.45) is 29.6 Å². The molecule has 1 N–H and O–H groups in total. The van der Waals surface area contributed by atoms with Gasteiger partial charge in [0.2, 0.25) is 0 Å². The zero-order valence-corrected chi connectivity index (χ0v) is 16.4. The quantitative estimate of drug-likeness (QED) is 0.786. The summed E-state index contributed by atoms with van der Waals surface area (Å²) in [5.74, 6) is 1.33. The highest BCUT2D eigenvalue weighted by molar-refractivity contribution is 5.96. The van der Waals surface area contributed by atoms with Gasteiger partial charge < -0.3 is 14.8 Å². The molecule has 6 heteroatoms. The summed E-state index contributed by atoms with van der Waals surface area (Å²) in [6.45, 7) is 1.53. The van der Waals surface area contributed by atoms with Gasteiger partial charge in [-0.25, -0.2) is 4.79 Å². The first-order valence-electron chi connectivity index (χ1n) is 10.1. The molecule has 0 atom stereocenters. The van der Waals surface area contributed by atoms with Gasteiger partial charge in [-0.1, -0.05) is 6.07 Å². The van der Waals surface area contributed by atoms with Gasteiger partial charge in [-0.15, -0.1) is 0 Å². The summed E-state index contributed by atoms with van der Waals surface area (Å²) in [5, 5.41) is 2.73. The van der Waals surface area contributed by atoms with Gasteiger partial charge in [-0.2, -0.15) is 0 Å². The number of aryl methyl sites for hydroxylation is 1. The summed E-state index contributed by atoms with van der Waals surface area (Å²) in [7, 11) is 1.31. The third kappa shape index (κ3) is 3.64. The Bertz CT molecular complexity index is 774. The minimum absolute atomic E-state index is 0.0370. The third-order valence-electron chi connectivity index (χ3n) is 6.78. The van der Waals surface area contributed by atoms with Crippen LogP contribution in [0.4, 0.5) is 5.69 Å². The molecular formula is C22H27NO5. The van der Waals surface area contributed by atoms with Crippen molar-refractivity contribution >= 4 is 23.5 Å². The lowest BCUT2D eigenvalue weighted by atomic mass is 9.52. The second-order valence-corrected chi connectivity index (χ2v) is 8.63. The Morgan fingerprint density at radius 1 is 1.04 bits per heavy atom. The fourth-order valence-electron chi connectivity index (χ4n) is 5.73. The summed E-state index contributed by atoms with van der Waals surface area (Å²) in [4.78, 5) is 36.6. The van der Waals surface area contributed by atoms with Crippen molar-refractivity contribution in [3.8, 4) is 0 Å². The Labute approximate surface area is 165 Å². The van der Waals surface area contributed by atoms with Gasteiger partial charge in [0.05, 0.1) is 18.6 Å². The van der Waals surface area contributed by atoms with Crippen LogP contribution in [0.2, 0.25) is 0 Å². The van der Waals surface area contributed by atoms with Crippen LogP contribution in [0.3, 0.4) is 0 Å². The van der Waals surface area contributed by atoms with Crippen LogP contribution in [-0.4, -0.2) is 31.6 Å². The maximum absolute atomic E-state index is 12.7. The van der Waals surface area contributed by atoms with Crippen molar-refractivity contribution in [1.82, 2.24) is 0 Å². The molecule has 4 saturated carbocycles. The maximum atomic E-state index is 12.7. The van der Waals surface area contributed by atoms with Crippen LogP contribution in [0, 0.1) is 36.5 Å². The maximum Gasteiger partial charge on any atom is 0.337 e. The van der Waals surface area contributed by atoms with E-state index in [1.807, 2.05) is 6.92 Å². The molecule has 4 bridgehead atoms. The van der Waals surface area contributed by atoms with E-state index in [1.165, 1.54) is 13.5 Å². The first kappa shape index (κ1) is 19.0. The molecule has 1 amide bonds. The normalized spacial score (nSPS) is 30.0. The molecule has 28 heavy (non-hydrogen) atoms. The van der Waals surface area contributed by atoms with E-state index in [0.29, 0.717) is 23.1 Å². The molecule has 6 nitrogen and oxygen atoms in total. The van der Waals surface area contributed by atoms with Gasteiger partial charge in [-0.05, 0) is 80.4 Å². The van der Waals surface area contributed by atoms with E-state index in [-0.39, 0.29) is 18.5 Å². The number of carbonyl (C=O) groups excluding carboxylic acids is 3. The smallest absolute Gasteiger partial charge is 0.337 e. The summed E-state index contributed by atoms with van der Waals surface area (Å²) in [6.07, 6.45) is 5.88. The van der Waals surface area contributed by atoms with Gasteiger partial charge in [0.25, 0.3) is 5.91 Å². The standard InChI is InChI=1S/C22H27NO5/c1-12-3-4-15(21(25)27-2)10-18(12)23-19(24)11-28-22(26)20-16-6-13-5-14(8-16)9-17(20)7-13/h3-4,10,13-14,16-17,20H,5-9,11H2,1-2H3,(H,23,24). The highest BCUT2D eigenvalue weighted by Crippen LogP contribution is 2.56. The summed E-state index contributed by atoms with van der Waals surface area (Å²) in [5.41, 5.74) is 1.68. The molecule has 0 heterocycles. The lowest BCUT2D eigenvalue weighted by Gasteiger charge is -2.53. The molecule has 150 valence electrons. The number of nitrogens with one attached hydrogen (secondary N) is 1. The lowest BCUT2D eigenvalue weighted by molar-refractivity contribution is -0.164. The largest absolute Gasteiger partial charge is 0.465 e. The van der Waals surface area contributed by atoms with E-state index in [0.717, 1.165) is 43.1 Å². The van der Waals surface area contributed by atoms with Gasteiger partial charge in [0.15, 0.2) is 6.61 Å². The van der Waals surface area contributed by atoms with Crippen LogP contribution < -0.4 is 5.32 Å². The molecule has 1 aromatic carbocycles. The van der Waals surface area contributed by atoms with Crippen LogP contribution in [-0.2, 0) is 19.1 Å². The predicted molar refractivity (Wildman–Crippen MR) is 103 cm³/mol. The van der Waals surface area contributed by atoms with Gasteiger partial charge >= 0.3 is 11.9 Å². The number of ether oxygens (including phenoxy) is 2. The van der Waals surface area contributed by atoms with Crippen molar-refractivity contribution < 1.29 is 23.9 Å². The minimum atomic E-state index is -0.469. The van der Waals surface area contributed by atoms with Crippen molar-refractivity contribution in [2.45, 2.75) is 39.0 Å². The monoisotopic (exact) mass is 385 g/mol. The van der Waals surface area contributed by atoms with Crippen LogP contribution in [0.15, 0.2) is 18.2 Å². The number of rotatable bonds is 5. The van der Waals surface area contributed by atoms with Crippen molar-refractivity contribution in [2.75, 3.05) is 19.0 Å². The molecule has 4 fully saturated rings. The molecule has 0 aromatic heterocycles. The molecule has 0 spiro atoms. The first-order valence-corrected chi connectivity index (χ1v) is 10.1. The second kappa shape index (κ2) is 7.57. The number of carbonyl (C=O) groups is 3. The third-order valence-corrected chi connectivity index (χ3v) is 6.78. The molecule has 4 aliphatic carbocycles. The number of hydrogen-bond donors (Lipinski definition) is 1. The zero-order chi connectivity index (χ0) is 19.8. The summed E-state index contributed by atoms with van der Waals surface area (Å²) in [6, 6.07) is 4.95. The number of methoxy groups -OCH3 is 1. The molecule has 4 aliphatic rings. The SMILES string of the molecule is COC(=O)c1ccc(C)c(NC(=O)COC(=O)C2C3CC4CC(C3)CC2C4)c1. The first-order chi connectivity index (χ1) is 13.4. The number of benzene rings is 1. The highest BCUT2D eigenvalue weighted by Gasteiger charge is 2.51. The molecular weight excluding hydrogens is 358 g/mol. The Morgan fingerprint density at radius 2 is 1.68 bits per heavy atom. The van der Waals surface area contributed by atoms with E-state index in [1.54, 1.807) is 18.2 Å². The predicted octanol–water partition coefficient (Wildman–Crippen LogP) is 3.34. The molecule has 0 radical (unpaired) electrons. The van der Waals surface area contributed by atoms with Gasteiger partial charge in [0, 0.05) is 5.69 Å². The average Bonchev–Trinajstić information content (AvgIpc) is 2.66. The highest BCUT2D eigenvalue weighted by atomic mass is 16.5. The van der Waals surface area contributed by atoms with Crippen molar-refractivity contribution in [1.29, 1.82) is 0 Å². The molecule has 0 unspecified atom stereocenters. The molecule has 5 rings (SSSR count). The van der Waals surface area contributed by atoms with Crippen molar-refractivity contribution in [3.63, 3.8) is 0 Å². The molecule has 0 saturated heterocycles. The van der Waals surface area contributed by atoms with Crippen LogP contribution in [0.5, 0.6) is 0 Å². The van der Waals surface area contributed by atoms with E-state index in [2.05, 4.69) is 5.32 Å². The van der Waals surface area contributed by atoms with E-state index < -0.39 is 11.9 Å². The minimum Gasteiger partial charge on any atom is -0.465 e. The van der Waals surface area contributed by atoms with Crippen molar-refractivity contribution in [3.05, 3.63) is 29.3 Å². The summed E-state index contributed by atoms with van der Waals surface area (Å²) < 4.78 is 10.1. The second-order valence-electron chi connectivity index (χ2n) is 8.63. The average molecular weight is 385 g/mol. The Morgan fingerprint density at radius 3 is 2.29 bits per heavy atom. The fourth-order valence-corrected chi connectivity index (χ4v) is 5.73. The van der Waals surface area contributed by atoms with Gasteiger partial charge in [0.1, 0.15) is 0 Å². The Balaban J connectivity index is 1.34. The Kier molecular flexibility index (Phi) is 5.13. The van der Waals surface area contributed by atoms with Crippen LogP contribution >= 0.6 is 0 Å². The number of anilines is 1. The van der Waals surface area contributed by atoms with E-state index in [4.69, 9.17) is 9.47 Å². The molecule has 0 aliphatic heterocycles. The van der Waals surface area contributed by atoms with Crippen LogP contribution in [0.25, 0.3) is 0 Å². The number of hydrogen-bond acceptors (Lipinski definition) is 5. The van der Waals surface area contributed by atoms with Gasteiger partial charge in [-0.3, -0.25) is 9.59 Å². The molecule has 1 aromatic rings.